The highest BCUT2D eigenvalue weighted by molar-refractivity contribution is 8.93. The maximum absolute atomic E-state index is 8.09. The third kappa shape index (κ3) is 10.7. The van der Waals surface area contributed by atoms with Crippen LogP contribution in [0, 0.1) is 16.7 Å². The normalized spacial score (nSPS) is 7.50. The molecular weight excluding hydrogens is 214 g/mol. The highest BCUT2D eigenvalue weighted by Crippen LogP contribution is 2.01. The standard InChI is InChI=1S/C5H9N3S.BrH/c6-3-1-2-4-9-5(7)8;/h1-2,4H2,(H3,7,8);1H. The van der Waals surface area contributed by atoms with E-state index in [1.54, 1.807) is 0 Å². The van der Waals surface area contributed by atoms with Gasteiger partial charge in [0.25, 0.3) is 0 Å². The van der Waals surface area contributed by atoms with Crippen molar-refractivity contribution in [3.05, 3.63) is 0 Å². The minimum atomic E-state index is 0. The molecule has 0 aliphatic heterocycles. The predicted molar refractivity (Wildman–Crippen MR) is 49.5 cm³/mol. The lowest BCUT2D eigenvalue weighted by Gasteiger charge is -1.92. The second kappa shape index (κ2) is 8.79. The van der Waals surface area contributed by atoms with E-state index in [1.807, 2.05) is 6.07 Å². The Bertz CT molecular complexity index is 131. The van der Waals surface area contributed by atoms with Crippen LogP contribution in [0.25, 0.3) is 0 Å². The van der Waals surface area contributed by atoms with E-state index in [4.69, 9.17) is 16.4 Å². The van der Waals surface area contributed by atoms with Crippen LogP contribution in [-0.4, -0.2) is 10.9 Å². The Balaban J connectivity index is 0. The monoisotopic (exact) mass is 223 g/mol. The maximum atomic E-state index is 8.09. The van der Waals surface area contributed by atoms with Crippen molar-refractivity contribution >= 4 is 33.9 Å². The smallest absolute Gasteiger partial charge is 0.151 e. The Labute approximate surface area is 75.3 Å². The summed E-state index contributed by atoms with van der Waals surface area (Å²) in [4.78, 5) is 0. The first-order valence-corrected chi connectivity index (χ1v) is 3.59. The van der Waals surface area contributed by atoms with Gasteiger partial charge in [-0.2, -0.15) is 5.26 Å². The number of hydrogen-bond donors (Lipinski definition) is 2. The lowest BCUT2D eigenvalue weighted by atomic mass is 10.4. The van der Waals surface area contributed by atoms with Crippen LogP contribution in [0.5, 0.6) is 0 Å². The van der Waals surface area contributed by atoms with Gasteiger partial charge >= 0.3 is 0 Å². The first kappa shape index (κ1) is 12.5. The van der Waals surface area contributed by atoms with Crippen LogP contribution in [0.3, 0.4) is 0 Å². The molecule has 3 N–H and O–H groups in total. The third-order valence-corrected chi connectivity index (χ3v) is 1.49. The molecule has 3 nitrogen and oxygen atoms in total. The molecule has 10 heavy (non-hydrogen) atoms. The van der Waals surface area contributed by atoms with Gasteiger partial charge in [0.1, 0.15) is 0 Å². The number of nitriles is 1. The van der Waals surface area contributed by atoms with E-state index in [-0.39, 0.29) is 22.1 Å². The first-order valence-electron chi connectivity index (χ1n) is 2.61. The van der Waals surface area contributed by atoms with Crippen LogP contribution in [-0.2, 0) is 0 Å². The predicted octanol–water partition coefficient (Wildman–Crippen LogP) is 1.49. The number of thioether (sulfide) groups is 1. The number of halogens is 1. The summed E-state index contributed by atoms with van der Waals surface area (Å²) < 4.78 is 0. The number of rotatable bonds is 3. The van der Waals surface area contributed by atoms with Gasteiger partial charge in [0.2, 0.25) is 0 Å². The summed E-state index contributed by atoms with van der Waals surface area (Å²) in [5, 5.41) is 15.0. The molecule has 0 aromatic carbocycles. The fraction of sp³-hybridized carbons (Fsp3) is 0.600. The molecule has 0 aliphatic rings. The summed E-state index contributed by atoms with van der Waals surface area (Å²) in [6.07, 6.45) is 1.38. The molecule has 0 radical (unpaired) electrons. The van der Waals surface area contributed by atoms with Crippen molar-refractivity contribution < 1.29 is 0 Å². The number of unbranched alkanes of at least 4 members (excludes halogenated alkanes) is 1. The van der Waals surface area contributed by atoms with Crippen LogP contribution < -0.4 is 5.73 Å². The summed E-state index contributed by atoms with van der Waals surface area (Å²) in [5.41, 5.74) is 5.04. The zero-order chi connectivity index (χ0) is 7.11. The van der Waals surface area contributed by atoms with Gasteiger partial charge in [-0.05, 0) is 6.42 Å². The Morgan fingerprint density at radius 1 is 1.70 bits per heavy atom. The number of hydrogen-bond acceptors (Lipinski definition) is 3. The molecule has 5 heteroatoms. The lowest BCUT2D eigenvalue weighted by Crippen LogP contribution is -2.04. The van der Waals surface area contributed by atoms with Crippen molar-refractivity contribution in [2.75, 3.05) is 5.75 Å². The minimum Gasteiger partial charge on any atom is -0.379 e. The molecule has 0 atom stereocenters. The highest BCUT2D eigenvalue weighted by atomic mass is 79.9. The van der Waals surface area contributed by atoms with E-state index in [1.165, 1.54) is 11.8 Å². The van der Waals surface area contributed by atoms with Gasteiger partial charge in [0.05, 0.1) is 6.07 Å². The molecule has 0 aromatic heterocycles. The largest absolute Gasteiger partial charge is 0.379 e. The number of nitrogens with zero attached hydrogens (tertiary/aromatic N) is 1. The van der Waals surface area contributed by atoms with E-state index in [2.05, 4.69) is 0 Å². The molecule has 0 fully saturated rings. The number of amidine groups is 1. The topological polar surface area (TPSA) is 73.7 Å². The van der Waals surface area contributed by atoms with E-state index < -0.39 is 0 Å². The van der Waals surface area contributed by atoms with Crippen molar-refractivity contribution in [1.29, 1.82) is 10.7 Å². The first-order chi connectivity index (χ1) is 4.27. The summed E-state index contributed by atoms with van der Waals surface area (Å²) in [7, 11) is 0. The Morgan fingerprint density at radius 2 is 2.30 bits per heavy atom. The second-order valence-corrected chi connectivity index (χ2v) is 2.61. The van der Waals surface area contributed by atoms with Crippen LogP contribution in [0.1, 0.15) is 12.8 Å². The zero-order valence-electron chi connectivity index (χ0n) is 5.46. The average Bonchev–Trinajstić information content (AvgIpc) is 1.80. The molecule has 58 valence electrons. The van der Waals surface area contributed by atoms with Crippen molar-refractivity contribution in [3.8, 4) is 6.07 Å². The Kier molecular flexibility index (Phi) is 11.0. The highest BCUT2D eigenvalue weighted by Gasteiger charge is 1.89. The molecule has 0 heterocycles. The van der Waals surface area contributed by atoms with Gasteiger partial charge in [-0.1, -0.05) is 11.8 Å². The molecule has 0 bridgehead atoms. The van der Waals surface area contributed by atoms with Gasteiger partial charge in [0, 0.05) is 12.2 Å². The summed E-state index contributed by atoms with van der Waals surface area (Å²) in [6, 6.07) is 2.02. The van der Waals surface area contributed by atoms with Crippen LogP contribution in [0.15, 0.2) is 0 Å². The van der Waals surface area contributed by atoms with Crippen LogP contribution in [0.2, 0.25) is 0 Å². The van der Waals surface area contributed by atoms with Crippen molar-refractivity contribution in [2.24, 2.45) is 5.73 Å². The fourth-order valence-electron chi connectivity index (χ4n) is 0.333. The molecule has 0 saturated heterocycles. The summed E-state index contributed by atoms with van der Waals surface area (Å²) in [6.45, 7) is 0. The fourth-order valence-corrected chi connectivity index (χ4v) is 0.842. The van der Waals surface area contributed by atoms with Crippen molar-refractivity contribution in [3.63, 3.8) is 0 Å². The van der Waals surface area contributed by atoms with Crippen molar-refractivity contribution in [2.45, 2.75) is 12.8 Å². The third-order valence-electron chi connectivity index (χ3n) is 0.690. The van der Waals surface area contributed by atoms with Gasteiger partial charge in [-0.15, -0.1) is 17.0 Å². The molecule has 0 saturated carbocycles. The Hall–Kier alpha value is -0.210. The van der Waals surface area contributed by atoms with Gasteiger partial charge in [-0.25, -0.2) is 0 Å². The van der Waals surface area contributed by atoms with Gasteiger partial charge < -0.3 is 5.73 Å². The van der Waals surface area contributed by atoms with E-state index in [0.717, 1.165) is 12.2 Å². The van der Waals surface area contributed by atoms with E-state index in [0.29, 0.717) is 6.42 Å². The molecule has 0 unspecified atom stereocenters. The summed E-state index contributed by atoms with van der Waals surface area (Å²) >= 11 is 1.28. The Morgan fingerprint density at radius 3 is 2.70 bits per heavy atom. The minimum absolute atomic E-state index is 0. The quantitative estimate of drug-likeness (QED) is 0.433. The SMILES string of the molecule is Br.N#CCCCSC(=N)N. The maximum Gasteiger partial charge on any atom is 0.151 e. The molecule has 0 aliphatic carbocycles. The van der Waals surface area contributed by atoms with Crippen LogP contribution in [0.4, 0.5) is 0 Å². The zero-order valence-corrected chi connectivity index (χ0v) is 7.99. The molecular formula is C5H10BrN3S. The summed E-state index contributed by atoms with van der Waals surface area (Å²) in [5.74, 6) is 0.781. The van der Waals surface area contributed by atoms with E-state index >= 15 is 0 Å². The van der Waals surface area contributed by atoms with Gasteiger partial charge in [-0.3, -0.25) is 5.41 Å². The van der Waals surface area contributed by atoms with E-state index in [9.17, 15) is 0 Å². The molecule has 0 amide bonds. The molecule has 0 rings (SSSR count). The average molecular weight is 224 g/mol. The number of nitrogens with two attached hydrogens (primary N) is 1. The molecule has 0 aromatic rings. The van der Waals surface area contributed by atoms with Crippen molar-refractivity contribution in [1.82, 2.24) is 0 Å². The second-order valence-electron chi connectivity index (χ2n) is 1.47. The lowest BCUT2D eigenvalue weighted by molar-refractivity contribution is 0.984. The number of nitrogens with one attached hydrogen (secondary N) is 1. The molecule has 0 spiro atoms. The van der Waals surface area contributed by atoms with Crippen LogP contribution >= 0.6 is 28.7 Å². The van der Waals surface area contributed by atoms with Gasteiger partial charge in [0.15, 0.2) is 5.17 Å².